The van der Waals surface area contributed by atoms with Crippen molar-refractivity contribution in [2.45, 2.75) is 49.7 Å². The van der Waals surface area contributed by atoms with Crippen LogP contribution in [0.5, 0.6) is 5.75 Å². The van der Waals surface area contributed by atoms with Crippen molar-refractivity contribution in [3.63, 3.8) is 0 Å². The molecule has 3 rings (SSSR count). The van der Waals surface area contributed by atoms with Gasteiger partial charge in [0.25, 0.3) is 0 Å². The highest BCUT2D eigenvalue weighted by Crippen LogP contribution is 2.35. The zero-order valence-corrected chi connectivity index (χ0v) is 15.0. The maximum atomic E-state index is 9.03. The monoisotopic (exact) mass is 347 g/mol. The Morgan fingerprint density at radius 2 is 1.92 bits per heavy atom. The fourth-order valence-corrected chi connectivity index (χ4v) is 4.14. The van der Waals surface area contributed by atoms with Gasteiger partial charge in [0.15, 0.2) is 11.0 Å². The number of aliphatic hydroxyl groups excluding tert-OH is 1. The fourth-order valence-electron chi connectivity index (χ4n) is 3.21. The Morgan fingerprint density at radius 3 is 2.58 bits per heavy atom. The van der Waals surface area contributed by atoms with Crippen molar-refractivity contribution in [1.29, 1.82) is 0 Å². The average Bonchev–Trinajstić information content (AvgIpc) is 3.06. The van der Waals surface area contributed by atoms with Crippen LogP contribution in [0, 0.1) is 0 Å². The van der Waals surface area contributed by atoms with Gasteiger partial charge in [-0.1, -0.05) is 31.0 Å². The molecule has 0 radical (unpaired) electrons. The normalized spacial score (nSPS) is 15.6. The van der Waals surface area contributed by atoms with Crippen LogP contribution in [0.3, 0.4) is 0 Å². The molecule has 1 aromatic heterocycles. The Labute approximate surface area is 147 Å². The van der Waals surface area contributed by atoms with Crippen molar-refractivity contribution < 1.29 is 9.84 Å². The molecule has 1 aliphatic rings. The van der Waals surface area contributed by atoms with Crippen LogP contribution in [0.15, 0.2) is 29.4 Å². The highest BCUT2D eigenvalue weighted by Gasteiger charge is 2.23. The molecule has 0 atom stereocenters. The van der Waals surface area contributed by atoms with E-state index in [-0.39, 0.29) is 6.61 Å². The summed E-state index contributed by atoms with van der Waals surface area (Å²) >= 11 is 1.69. The topological polar surface area (TPSA) is 60.2 Å². The molecular formula is C18H25N3O2S. The first-order valence-corrected chi connectivity index (χ1v) is 9.65. The summed E-state index contributed by atoms with van der Waals surface area (Å²) in [6.07, 6.45) is 7.02. The molecule has 130 valence electrons. The van der Waals surface area contributed by atoms with E-state index in [2.05, 4.69) is 14.8 Å². The lowest BCUT2D eigenvalue weighted by Crippen LogP contribution is -2.15. The predicted molar refractivity (Wildman–Crippen MR) is 96.6 cm³/mol. The number of aliphatic hydroxyl groups is 1. The van der Waals surface area contributed by atoms with Gasteiger partial charge in [-0.3, -0.25) is 4.57 Å². The number of hydrogen-bond acceptors (Lipinski definition) is 5. The number of aromatic nitrogens is 3. The summed E-state index contributed by atoms with van der Waals surface area (Å²) < 4.78 is 7.57. The van der Waals surface area contributed by atoms with E-state index in [9.17, 15) is 0 Å². The molecule has 1 N–H and O–H groups in total. The molecule has 0 bridgehead atoms. The molecule has 24 heavy (non-hydrogen) atoms. The minimum Gasteiger partial charge on any atom is -0.497 e. The summed E-state index contributed by atoms with van der Waals surface area (Å²) in [5, 5.41) is 18.9. The average molecular weight is 347 g/mol. The molecule has 6 heteroatoms. The lowest BCUT2D eigenvalue weighted by atomic mass is 9.95. The molecule has 5 nitrogen and oxygen atoms in total. The molecule has 0 unspecified atom stereocenters. The zero-order chi connectivity index (χ0) is 16.8. The lowest BCUT2D eigenvalue weighted by molar-refractivity contribution is 0.296. The largest absolute Gasteiger partial charge is 0.497 e. The molecule has 1 heterocycles. The van der Waals surface area contributed by atoms with E-state index in [1.165, 1.54) is 32.1 Å². The van der Waals surface area contributed by atoms with Crippen LogP contribution in [0.4, 0.5) is 0 Å². The first kappa shape index (κ1) is 17.3. The standard InChI is InChI=1S/C18H25N3O2S/c1-23-16-10-8-14(9-11-16)17-19-20-18(24-13-5-12-22)21(17)15-6-3-2-4-7-15/h8-11,15,22H,2-7,12-13H2,1H3. The Bertz CT molecular complexity index is 636. The van der Waals surface area contributed by atoms with Gasteiger partial charge in [-0.2, -0.15) is 0 Å². The molecule has 1 fully saturated rings. The van der Waals surface area contributed by atoms with Crippen molar-refractivity contribution in [2.24, 2.45) is 0 Å². The van der Waals surface area contributed by atoms with Crippen LogP contribution in [0.25, 0.3) is 11.4 Å². The van der Waals surface area contributed by atoms with Crippen LogP contribution in [0.1, 0.15) is 44.6 Å². The van der Waals surface area contributed by atoms with Crippen LogP contribution < -0.4 is 4.74 Å². The van der Waals surface area contributed by atoms with E-state index >= 15 is 0 Å². The zero-order valence-electron chi connectivity index (χ0n) is 14.1. The molecule has 0 spiro atoms. The third kappa shape index (κ3) is 3.92. The first-order chi connectivity index (χ1) is 11.8. The molecule has 1 aliphatic carbocycles. The quantitative estimate of drug-likeness (QED) is 0.607. The summed E-state index contributed by atoms with van der Waals surface area (Å²) in [5.74, 6) is 2.65. The second-order valence-corrected chi connectivity index (χ2v) is 7.18. The summed E-state index contributed by atoms with van der Waals surface area (Å²) in [6, 6.07) is 8.50. The van der Waals surface area contributed by atoms with Crippen molar-refractivity contribution >= 4 is 11.8 Å². The van der Waals surface area contributed by atoms with Gasteiger partial charge in [0.05, 0.1) is 7.11 Å². The third-order valence-corrected chi connectivity index (χ3v) is 5.52. The minimum atomic E-state index is 0.218. The molecular weight excluding hydrogens is 322 g/mol. The van der Waals surface area contributed by atoms with Crippen molar-refractivity contribution in [3.8, 4) is 17.1 Å². The van der Waals surface area contributed by atoms with Gasteiger partial charge in [0.1, 0.15) is 5.75 Å². The van der Waals surface area contributed by atoms with E-state index < -0.39 is 0 Å². The van der Waals surface area contributed by atoms with Gasteiger partial charge in [-0.25, -0.2) is 0 Å². The van der Waals surface area contributed by atoms with E-state index in [0.29, 0.717) is 6.04 Å². The van der Waals surface area contributed by atoms with Crippen LogP contribution >= 0.6 is 11.8 Å². The number of ether oxygens (including phenoxy) is 1. The number of thioether (sulfide) groups is 1. The molecule has 0 aliphatic heterocycles. The van der Waals surface area contributed by atoms with Gasteiger partial charge in [-0.15, -0.1) is 10.2 Å². The maximum absolute atomic E-state index is 9.03. The number of benzene rings is 1. The third-order valence-electron chi connectivity index (χ3n) is 4.49. The van der Waals surface area contributed by atoms with Gasteiger partial charge in [-0.05, 0) is 43.5 Å². The van der Waals surface area contributed by atoms with Crippen molar-refractivity contribution in [3.05, 3.63) is 24.3 Å². The SMILES string of the molecule is COc1ccc(-c2nnc(SCCCO)n2C2CCCCC2)cc1. The highest BCUT2D eigenvalue weighted by molar-refractivity contribution is 7.99. The van der Waals surface area contributed by atoms with Gasteiger partial charge in [0, 0.05) is 24.0 Å². The van der Waals surface area contributed by atoms with Crippen LogP contribution in [-0.2, 0) is 0 Å². The Morgan fingerprint density at radius 1 is 1.17 bits per heavy atom. The Hall–Kier alpha value is -1.53. The molecule has 1 saturated carbocycles. The number of methoxy groups -OCH3 is 1. The van der Waals surface area contributed by atoms with Crippen molar-refractivity contribution in [2.75, 3.05) is 19.5 Å². The van der Waals surface area contributed by atoms with Crippen LogP contribution in [0.2, 0.25) is 0 Å². The lowest BCUT2D eigenvalue weighted by Gasteiger charge is -2.25. The predicted octanol–water partition coefficient (Wildman–Crippen LogP) is 3.93. The second-order valence-electron chi connectivity index (χ2n) is 6.12. The van der Waals surface area contributed by atoms with E-state index in [1.807, 2.05) is 24.3 Å². The van der Waals surface area contributed by atoms with Crippen LogP contribution in [-0.4, -0.2) is 39.3 Å². The smallest absolute Gasteiger partial charge is 0.191 e. The minimum absolute atomic E-state index is 0.218. The summed E-state index contributed by atoms with van der Waals surface area (Å²) in [5.41, 5.74) is 1.07. The fraction of sp³-hybridized carbons (Fsp3) is 0.556. The summed E-state index contributed by atoms with van der Waals surface area (Å²) in [7, 11) is 1.68. The molecule has 2 aromatic rings. The number of rotatable bonds is 7. The van der Waals surface area contributed by atoms with E-state index in [0.717, 1.165) is 34.5 Å². The molecule has 1 aromatic carbocycles. The maximum Gasteiger partial charge on any atom is 0.191 e. The van der Waals surface area contributed by atoms with Gasteiger partial charge < -0.3 is 9.84 Å². The van der Waals surface area contributed by atoms with E-state index in [1.54, 1.807) is 18.9 Å². The van der Waals surface area contributed by atoms with Gasteiger partial charge in [0.2, 0.25) is 0 Å². The number of hydrogen-bond donors (Lipinski definition) is 1. The van der Waals surface area contributed by atoms with E-state index in [4.69, 9.17) is 9.84 Å². The Balaban J connectivity index is 1.91. The number of nitrogens with zero attached hydrogens (tertiary/aromatic N) is 3. The van der Waals surface area contributed by atoms with Gasteiger partial charge >= 0.3 is 0 Å². The highest BCUT2D eigenvalue weighted by atomic mass is 32.2. The summed E-state index contributed by atoms with van der Waals surface area (Å²) in [4.78, 5) is 0. The second kappa shape index (κ2) is 8.53. The summed E-state index contributed by atoms with van der Waals surface area (Å²) in [6.45, 7) is 0.218. The molecule has 0 amide bonds. The molecule has 0 saturated heterocycles. The van der Waals surface area contributed by atoms with Crippen molar-refractivity contribution in [1.82, 2.24) is 14.8 Å². The Kier molecular flexibility index (Phi) is 6.15. The first-order valence-electron chi connectivity index (χ1n) is 8.66.